The fourth-order valence-corrected chi connectivity index (χ4v) is 4.37. The van der Waals surface area contributed by atoms with Crippen molar-refractivity contribution in [2.24, 2.45) is 0 Å². The number of fused-ring (bicyclic) bond motifs is 4. The number of aromatic hydroxyl groups is 3. The Morgan fingerprint density at radius 3 is 1.97 bits per heavy atom. The Morgan fingerprint density at radius 1 is 0.759 bits per heavy atom. The van der Waals surface area contributed by atoms with Crippen LogP contribution in [0.1, 0.15) is 0 Å². The van der Waals surface area contributed by atoms with Crippen molar-refractivity contribution >= 4 is 31.8 Å². The van der Waals surface area contributed by atoms with E-state index in [1.54, 1.807) is 18.2 Å². The van der Waals surface area contributed by atoms with E-state index in [-0.39, 0.29) is 5.56 Å². The maximum Gasteiger partial charge on any atom is 0.466 e. The Labute approximate surface area is 161 Å². The van der Waals surface area contributed by atoms with Gasteiger partial charge in [0, 0.05) is 5.56 Å². The molecule has 0 spiro atoms. The zero-order chi connectivity index (χ0) is 21.1. The summed E-state index contributed by atoms with van der Waals surface area (Å²) in [5, 5.41) is 29.8. The second-order valence-electron chi connectivity index (χ2n) is 5.59. The molecule has 0 aliphatic carbocycles. The normalized spacial score (nSPS) is 17.0. The first kappa shape index (κ1) is 18.9. The van der Waals surface area contributed by atoms with Gasteiger partial charge in [-0.05, 0) is 0 Å². The van der Waals surface area contributed by atoms with Crippen LogP contribution in [-0.4, -0.2) is 32.2 Å². The van der Waals surface area contributed by atoms with Crippen LogP contribution in [-0.2, 0) is 24.4 Å². The van der Waals surface area contributed by atoms with Crippen LogP contribution in [0, 0.1) is 0 Å². The van der Waals surface area contributed by atoms with E-state index in [0.29, 0.717) is 0 Å². The molecule has 0 fully saturated rings. The van der Waals surface area contributed by atoms with Crippen molar-refractivity contribution in [2.75, 3.05) is 0 Å². The van der Waals surface area contributed by atoms with Gasteiger partial charge in [-0.1, -0.05) is 34.0 Å². The van der Waals surface area contributed by atoms with Gasteiger partial charge in [0.15, 0.2) is 17.1 Å². The van der Waals surface area contributed by atoms with Crippen LogP contribution in [0.2, 0.25) is 0 Å². The van der Waals surface area contributed by atoms with Crippen molar-refractivity contribution < 1.29 is 48.6 Å². The molecule has 29 heavy (non-hydrogen) atoms. The van der Waals surface area contributed by atoms with Crippen molar-refractivity contribution in [2.45, 2.75) is 0 Å². The predicted molar refractivity (Wildman–Crippen MR) is 93.1 cm³/mol. The molecule has 0 amide bonds. The van der Waals surface area contributed by atoms with Crippen molar-refractivity contribution in [1.82, 2.24) is 0 Å². The largest absolute Gasteiger partial charge is 0.504 e. The molecule has 4 rings (SSSR count). The lowest BCUT2D eigenvalue weighted by Gasteiger charge is -2.18. The molecule has 1 aliphatic heterocycles. The molecule has 2 bridgehead atoms. The van der Waals surface area contributed by atoms with Crippen LogP contribution < -0.4 is 13.8 Å². The summed E-state index contributed by atoms with van der Waals surface area (Å²) in [6, 6.07) is 7.60. The highest BCUT2D eigenvalue weighted by molar-refractivity contribution is 7.95. The third-order valence-corrected chi connectivity index (χ3v) is 5.83. The van der Waals surface area contributed by atoms with Crippen molar-refractivity contribution in [1.29, 1.82) is 0 Å². The van der Waals surface area contributed by atoms with E-state index >= 15 is 0 Å². The number of hydrogen-bond donors (Lipinski definition) is 3. The fraction of sp³-hybridized carbons (Fsp3) is 0. The molecule has 3 N–H and O–H groups in total. The van der Waals surface area contributed by atoms with E-state index < -0.39 is 71.7 Å². The van der Waals surface area contributed by atoms with Gasteiger partial charge in [-0.3, -0.25) is 4.79 Å². The Bertz CT molecular complexity index is 1440. The summed E-state index contributed by atoms with van der Waals surface area (Å²) in [7, 11) is -10.7. The van der Waals surface area contributed by atoms with Gasteiger partial charge in [0.25, 0.3) is 0 Å². The van der Waals surface area contributed by atoms with E-state index in [0.717, 1.165) is 0 Å². The highest BCUT2D eigenvalue weighted by Gasteiger charge is 2.39. The average molecular weight is 444 g/mol. The SMILES string of the molecule is O=c1c(O)c(-c2ccccc2)oc2c3c(O)c(c(O)c12)OS(=O)(=O)OS(=O)(=O)O3. The molecule has 1 aliphatic rings. The van der Waals surface area contributed by atoms with Crippen LogP contribution in [0.4, 0.5) is 0 Å². The molecule has 3 aromatic rings. The van der Waals surface area contributed by atoms with Gasteiger partial charge >= 0.3 is 20.8 Å². The van der Waals surface area contributed by atoms with Gasteiger partial charge < -0.3 is 28.1 Å². The van der Waals surface area contributed by atoms with Gasteiger partial charge in [0.2, 0.25) is 28.4 Å². The van der Waals surface area contributed by atoms with Gasteiger partial charge in [0.1, 0.15) is 5.39 Å². The number of rotatable bonds is 1. The van der Waals surface area contributed by atoms with Crippen molar-refractivity contribution in [3.8, 4) is 40.1 Å². The maximum atomic E-state index is 12.6. The number of phenolic OH excluding ortho intramolecular Hbond substituents is 2. The molecule has 0 atom stereocenters. The van der Waals surface area contributed by atoms with E-state index in [1.165, 1.54) is 12.1 Å². The summed E-state index contributed by atoms with van der Waals surface area (Å²) in [5.41, 5.74) is -1.92. The van der Waals surface area contributed by atoms with E-state index in [1.807, 2.05) is 0 Å². The Morgan fingerprint density at radius 2 is 1.34 bits per heavy atom. The van der Waals surface area contributed by atoms with Gasteiger partial charge in [-0.2, -0.15) is 16.8 Å². The molecule has 2 aromatic carbocycles. The van der Waals surface area contributed by atoms with Crippen LogP contribution in [0.25, 0.3) is 22.3 Å². The van der Waals surface area contributed by atoms with Crippen LogP contribution in [0.3, 0.4) is 0 Å². The number of benzene rings is 2. The average Bonchev–Trinajstić information content (AvgIpc) is 2.63. The summed E-state index contributed by atoms with van der Waals surface area (Å²) >= 11 is 0. The molecule has 0 radical (unpaired) electrons. The molecule has 0 saturated heterocycles. The summed E-state index contributed by atoms with van der Waals surface area (Å²) in [6.45, 7) is 0. The summed E-state index contributed by atoms with van der Waals surface area (Å²) in [5.74, 6) is -6.36. The molecule has 1 aromatic heterocycles. The Kier molecular flexibility index (Phi) is 3.90. The van der Waals surface area contributed by atoms with E-state index in [2.05, 4.69) is 12.0 Å². The molecule has 152 valence electrons. The maximum absolute atomic E-state index is 12.6. The van der Waals surface area contributed by atoms with Crippen molar-refractivity contribution in [3.63, 3.8) is 0 Å². The summed E-state index contributed by atoms with van der Waals surface area (Å²) < 4.78 is 64.5. The minimum absolute atomic E-state index is 0.183. The zero-order valence-corrected chi connectivity index (χ0v) is 15.4. The van der Waals surface area contributed by atoms with Gasteiger partial charge in [0.05, 0.1) is 0 Å². The smallest absolute Gasteiger partial charge is 0.466 e. The monoisotopic (exact) mass is 444 g/mol. The van der Waals surface area contributed by atoms with Gasteiger partial charge in [-0.15, -0.1) is 0 Å². The lowest BCUT2D eigenvalue weighted by molar-refractivity contribution is 0.314. The van der Waals surface area contributed by atoms with E-state index in [4.69, 9.17) is 4.42 Å². The zero-order valence-electron chi connectivity index (χ0n) is 13.7. The van der Waals surface area contributed by atoms with E-state index in [9.17, 15) is 36.9 Å². The highest BCUT2D eigenvalue weighted by atomic mass is 32.3. The number of phenols is 2. The minimum atomic E-state index is -5.36. The lowest BCUT2D eigenvalue weighted by Crippen LogP contribution is -2.24. The molecular formula is C15H8O12S2. The van der Waals surface area contributed by atoms with Crippen LogP contribution in [0.15, 0.2) is 39.5 Å². The summed E-state index contributed by atoms with van der Waals surface area (Å²) in [4.78, 5) is 12.6. The molecule has 0 unspecified atom stereocenters. The molecule has 12 nitrogen and oxygen atoms in total. The molecular weight excluding hydrogens is 436 g/mol. The Hall–Kier alpha value is -3.49. The minimum Gasteiger partial charge on any atom is -0.504 e. The Balaban J connectivity index is 2.19. The third kappa shape index (κ3) is 2.98. The quantitative estimate of drug-likeness (QED) is 0.481. The second-order valence-corrected chi connectivity index (χ2v) is 8.10. The number of hydrogen-bond acceptors (Lipinski definition) is 12. The first-order chi connectivity index (χ1) is 13.5. The fourth-order valence-electron chi connectivity index (χ4n) is 2.61. The predicted octanol–water partition coefficient (Wildman–Crippen LogP) is 0.854. The third-order valence-electron chi connectivity index (χ3n) is 3.75. The van der Waals surface area contributed by atoms with Crippen molar-refractivity contribution in [3.05, 3.63) is 40.6 Å². The van der Waals surface area contributed by atoms with Gasteiger partial charge in [-0.25, -0.2) is 0 Å². The highest BCUT2D eigenvalue weighted by Crippen LogP contribution is 2.52. The molecule has 0 saturated carbocycles. The molecule has 2 heterocycles. The lowest BCUT2D eigenvalue weighted by atomic mass is 10.1. The first-order valence-corrected chi connectivity index (χ1v) is 10.1. The van der Waals surface area contributed by atoms with Crippen LogP contribution in [0.5, 0.6) is 28.7 Å². The first-order valence-electron chi connectivity index (χ1n) is 7.44. The van der Waals surface area contributed by atoms with Crippen LogP contribution >= 0.6 is 0 Å². The second kappa shape index (κ2) is 6.00. The molecule has 14 heteroatoms. The summed E-state index contributed by atoms with van der Waals surface area (Å²) in [6.07, 6.45) is 0. The standard InChI is InChI=1S/C15H8O12S2/c16-8-7-9(17)14-11(19)15(26-29(22,23)27-28(20,21)25-14)13(7)24-12(10(8)18)6-4-2-1-3-5-6/h1-5,17-19H. The topological polar surface area (TPSA) is 187 Å².